The summed E-state index contributed by atoms with van der Waals surface area (Å²) in [5.74, 6) is -3.71. The molecule has 4 N–H and O–H groups in total. The van der Waals surface area contributed by atoms with Crippen molar-refractivity contribution in [3.63, 3.8) is 0 Å². The van der Waals surface area contributed by atoms with Gasteiger partial charge in [-0.25, -0.2) is 4.79 Å². The van der Waals surface area contributed by atoms with E-state index < -0.39 is 42.2 Å². The SMILES string of the molecule is NC(=O)CC[C@H](NC(=O)CN1C(=O)CCC1=O)C(=O)O. The van der Waals surface area contributed by atoms with Crippen LogP contribution in [0.15, 0.2) is 0 Å². The Labute approximate surface area is 114 Å². The third kappa shape index (κ3) is 4.34. The van der Waals surface area contributed by atoms with Crippen molar-refractivity contribution in [3.8, 4) is 0 Å². The third-order valence-electron chi connectivity index (χ3n) is 2.77. The number of carboxylic acid groups (broad SMARTS) is 1. The van der Waals surface area contributed by atoms with Crippen LogP contribution in [0.4, 0.5) is 0 Å². The average molecular weight is 285 g/mol. The molecule has 1 aliphatic rings. The topological polar surface area (TPSA) is 147 Å². The van der Waals surface area contributed by atoms with Gasteiger partial charge in [-0.15, -0.1) is 0 Å². The van der Waals surface area contributed by atoms with Gasteiger partial charge in [-0.3, -0.25) is 24.1 Å². The number of primary amides is 1. The van der Waals surface area contributed by atoms with Gasteiger partial charge < -0.3 is 16.2 Å². The van der Waals surface area contributed by atoms with Gasteiger partial charge in [0.25, 0.3) is 0 Å². The Morgan fingerprint density at radius 2 is 1.80 bits per heavy atom. The summed E-state index contributed by atoms with van der Waals surface area (Å²) in [6.45, 7) is -0.516. The van der Waals surface area contributed by atoms with E-state index in [9.17, 15) is 24.0 Å². The Hall–Kier alpha value is -2.45. The highest BCUT2D eigenvalue weighted by Crippen LogP contribution is 2.10. The predicted octanol–water partition coefficient (Wildman–Crippen LogP) is -2.03. The maximum Gasteiger partial charge on any atom is 0.326 e. The van der Waals surface area contributed by atoms with Gasteiger partial charge in [-0.2, -0.15) is 0 Å². The third-order valence-corrected chi connectivity index (χ3v) is 2.77. The number of amides is 4. The lowest BCUT2D eigenvalue weighted by atomic mass is 10.1. The van der Waals surface area contributed by atoms with Crippen molar-refractivity contribution in [1.29, 1.82) is 0 Å². The van der Waals surface area contributed by atoms with E-state index in [4.69, 9.17) is 10.8 Å². The highest BCUT2D eigenvalue weighted by atomic mass is 16.4. The maximum atomic E-state index is 11.6. The van der Waals surface area contributed by atoms with Crippen LogP contribution in [-0.4, -0.2) is 52.2 Å². The molecule has 1 fully saturated rings. The minimum absolute atomic E-state index is 0.0517. The summed E-state index contributed by atoms with van der Waals surface area (Å²) in [7, 11) is 0. The first-order chi connectivity index (χ1) is 9.31. The van der Waals surface area contributed by atoms with Crippen LogP contribution in [-0.2, 0) is 24.0 Å². The monoisotopic (exact) mass is 285 g/mol. The first kappa shape index (κ1) is 15.6. The number of nitrogens with zero attached hydrogens (tertiary/aromatic N) is 1. The van der Waals surface area contributed by atoms with Crippen molar-refractivity contribution in [3.05, 3.63) is 0 Å². The van der Waals surface area contributed by atoms with E-state index in [1.54, 1.807) is 0 Å². The molecule has 0 aliphatic carbocycles. The minimum Gasteiger partial charge on any atom is -0.480 e. The molecule has 1 heterocycles. The van der Waals surface area contributed by atoms with Gasteiger partial charge in [0.05, 0.1) is 0 Å². The van der Waals surface area contributed by atoms with E-state index in [-0.39, 0.29) is 25.7 Å². The number of nitrogens with two attached hydrogens (primary N) is 1. The minimum atomic E-state index is -1.32. The second-order valence-electron chi connectivity index (χ2n) is 4.34. The molecule has 110 valence electrons. The van der Waals surface area contributed by atoms with Crippen LogP contribution < -0.4 is 11.1 Å². The van der Waals surface area contributed by atoms with E-state index >= 15 is 0 Å². The lowest BCUT2D eigenvalue weighted by molar-refractivity contribution is -0.144. The molecule has 1 aliphatic heterocycles. The van der Waals surface area contributed by atoms with Crippen molar-refractivity contribution in [1.82, 2.24) is 10.2 Å². The molecule has 1 saturated heterocycles. The number of hydrogen-bond donors (Lipinski definition) is 3. The number of nitrogens with one attached hydrogen (secondary N) is 1. The van der Waals surface area contributed by atoms with Crippen LogP contribution in [0.1, 0.15) is 25.7 Å². The lowest BCUT2D eigenvalue weighted by Gasteiger charge is -2.17. The molecule has 1 atom stereocenters. The Kier molecular flexibility index (Phi) is 5.18. The second kappa shape index (κ2) is 6.64. The molecule has 0 bridgehead atoms. The van der Waals surface area contributed by atoms with Crippen molar-refractivity contribution in [2.24, 2.45) is 5.73 Å². The van der Waals surface area contributed by atoms with Crippen molar-refractivity contribution in [2.45, 2.75) is 31.7 Å². The number of carboxylic acids is 1. The van der Waals surface area contributed by atoms with Gasteiger partial charge in [-0.1, -0.05) is 0 Å². The molecule has 20 heavy (non-hydrogen) atoms. The zero-order valence-electron chi connectivity index (χ0n) is 10.6. The molecule has 4 amide bonds. The standard InChI is InChI=1S/C11H15N3O6/c12-7(15)2-1-6(11(19)20)13-8(16)5-14-9(17)3-4-10(14)18/h6H,1-5H2,(H2,12,15)(H,13,16)(H,19,20)/t6-/m0/s1. The number of hydrogen-bond acceptors (Lipinski definition) is 5. The molecular formula is C11H15N3O6. The van der Waals surface area contributed by atoms with Crippen molar-refractivity contribution < 1.29 is 29.1 Å². The van der Waals surface area contributed by atoms with Crippen LogP contribution in [0.5, 0.6) is 0 Å². The number of likely N-dealkylation sites (tertiary alicyclic amines) is 1. The van der Waals surface area contributed by atoms with Gasteiger partial charge in [0.2, 0.25) is 23.6 Å². The van der Waals surface area contributed by atoms with Crippen LogP contribution in [0.2, 0.25) is 0 Å². The lowest BCUT2D eigenvalue weighted by Crippen LogP contribution is -2.47. The zero-order valence-corrected chi connectivity index (χ0v) is 10.6. The van der Waals surface area contributed by atoms with Crippen LogP contribution in [0.25, 0.3) is 0 Å². The normalized spacial score (nSPS) is 16.1. The molecule has 0 aromatic rings. The van der Waals surface area contributed by atoms with E-state index in [2.05, 4.69) is 5.32 Å². The van der Waals surface area contributed by atoms with E-state index in [1.165, 1.54) is 0 Å². The molecule has 9 heteroatoms. The number of aliphatic carboxylic acids is 1. The first-order valence-corrected chi connectivity index (χ1v) is 5.95. The fourth-order valence-electron chi connectivity index (χ4n) is 1.73. The quantitative estimate of drug-likeness (QED) is 0.459. The van der Waals surface area contributed by atoms with Crippen LogP contribution in [0, 0.1) is 0 Å². The number of carbonyl (C=O) groups is 5. The smallest absolute Gasteiger partial charge is 0.326 e. The fourth-order valence-corrected chi connectivity index (χ4v) is 1.73. The van der Waals surface area contributed by atoms with Gasteiger partial charge in [0.15, 0.2) is 0 Å². The molecule has 1 rings (SSSR count). The van der Waals surface area contributed by atoms with Gasteiger partial charge in [0.1, 0.15) is 12.6 Å². The number of imide groups is 1. The largest absolute Gasteiger partial charge is 0.480 e. The maximum absolute atomic E-state index is 11.6. The summed E-state index contributed by atoms with van der Waals surface area (Å²) in [5, 5.41) is 11.0. The Balaban J connectivity index is 2.53. The summed E-state index contributed by atoms with van der Waals surface area (Å²) >= 11 is 0. The number of rotatable bonds is 7. The molecule has 0 unspecified atom stereocenters. The predicted molar refractivity (Wildman–Crippen MR) is 63.9 cm³/mol. The highest BCUT2D eigenvalue weighted by Gasteiger charge is 2.31. The Morgan fingerprint density at radius 1 is 1.25 bits per heavy atom. The molecule has 0 aromatic carbocycles. The van der Waals surface area contributed by atoms with Crippen LogP contribution in [0.3, 0.4) is 0 Å². The summed E-state index contributed by atoms with van der Waals surface area (Å²) < 4.78 is 0. The van der Waals surface area contributed by atoms with Crippen molar-refractivity contribution >= 4 is 29.6 Å². The van der Waals surface area contributed by atoms with E-state index in [1.807, 2.05) is 0 Å². The molecule has 0 aromatic heterocycles. The number of carbonyl (C=O) groups excluding carboxylic acids is 4. The summed E-state index contributed by atoms with van der Waals surface area (Å²) in [6, 6.07) is -1.29. The Morgan fingerprint density at radius 3 is 2.25 bits per heavy atom. The molecule has 0 saturated carbocycles. The second-order valence-corrected chi connectivity index (χ2v) is 4.34. The molecule has 9 nitrogen and oxygen atoms in total. The Bertz CT molecular complexity index is 445. The van der Waals surface area contributed by atoms with E-state index in [0.29, 0.717) is 0 Å². The van der Waals surface area contributed by atoms with Gasteiger partial charge >= 0.3 is 5.97 Å². The molecule has 0 radical (unpaired) electrons. The summed E-state index contributed by atoms with van der Waals surface area (Å²) in [6.07, 6.45) is -0.247. The fraction of sp³-hybridized carbons (Fsp3) is 0.545. The summed E-state index contributed by atoms with van der Waals surface area (Å²) in [5.41, 5.74) is 4.90. The van der Waals surface area contributed by atoms with Crippen molar-refractivity contribution in [2.75, 3.05) is 6.54 Å². The van der Waals surface area contributed by atoms with Crippen LogP contribution >= 0.6 is 0 Å². The van der Waals surface area contributed by atoms with E-state index in [0.717, 1.165) is 4.90 Å². The zero-order chi connectivity index (χ0) is 15.3. The van der Waals surface area contributed by atoms with Gasteiger partial charge in [-0.05, 0) is 6.42 Å². The summed E-state index contributed by atoms with van der Waals surface area (Å²) in [4.78, 5) is 56.5. The molecular weight excluding hydrogens is 270 g/mol. The average Bonchev–Trinajstić information content (AvgIpc) is 2.65. The van der Waals surface area contributed by atoms with Gasteiger partial charge in [0, 0.05) is 19.3 Å². The first-order valence-electron chi connectivity index (χ1n) is 5.95. The molecule has 0 spiro atoms. The highest BCUT2D eigenvalue weighted by molar-refractivity contribution is 6.04.